The van der Waals surface area contributed by atoms with Crippen molar-refractivity contribution in [3.63, 3.8) is 0 Å². The summed E-state index contributed by atoms with van der Waals surface area (Å²) in [5.41, 5.74) is 0.483. The van der Waals surface area contributed by atoms with Crippen LogP contribution in [0.15, 0.2) is 34.5 Å². The summed E-state index contributed by atoms with van der Waals surface area (Å²) in [5.74, 6) is 0.00598. The molecule has 0 heterocycles. The van der Waals surface area contributed by atoms with E-state index in [0.717, 1.165) is 0 Å². The molecule has 166 valence electrons. The summed E-state index contributed by atoms with van der Waals surface area (Å²) < 4.78 is 20.7. The molecule has 31 heavy (non-hydrogen) atoms. The Kier molecular flexibility index (Phi) is 8.47. The number of carbonyl (C=O) groups is 2. The van der Waals surface area contributed by atoms with E-state index < -0.39 is 17.7 Å². The van der Waals surface area contributed by atoms with Crippen LogP contribution in [0.4, 0.5) is 11.4 Å². The van der Waals surface area contributed by atoms with Crippen LogP contribution in [0.1, 0.15) is 6.92 Å². The van der Waals surface area contributed by atoms with Gasteiger partial charge in [0.05, 0.1) is 38.5 Å². The quantitative estimate of drug-likeness (QED) is 0.420. The summed E-state index contributed by atoms with van der Waals surface area (Å²) >= 11 is 12.3. The summed E-state index contributed by atoms with van der Waals surface area (Å²) in [5, 5.41) is 10.9. The largest absolute Gasteiger partial charge is 0.497 e. The van der Waals surface area contributed by atoms with Crippen LogP contribution in [-0.2, 0) is 9.59 Å². The van der Waals surface area contributed by atoms with Gasteiger partial charge in [0.15, 0.2) is 23.0 Å². The molecular formula is C20H21Cl2N3O6. The van der Waals surface area contributed by atoms with Crippen molar-refractivity contribution in [1.29, 1.82) is 0 Å². The van der Waals surface area contributed by atoms with Crippen LogP contribution in [-0.4, -0.2) is 46.2 Å². The third-order valence-electron chi connectivity index (χ3n) is 4.05. The first-order valence-electron chi connectivity index (χ1n) is 8.80. The van der Waals surface area contributed by atoms with Gasteiger partial charge < -0.3 is 24.3 Å². The number of nitrogens with one attached hydrogen (secondary N) is 1. The molecule has 2 rings (SSSR count). The van der Waals surface area contributed by atoms with Gasteiger partial charge in [-0.15, -0.1) is 0 Å². The van der Waals surface area contributed by atoms with E-state index in [9.17, 15) is 9.59 Å². The minimum Gasteiger partial charge on any atom is -0.497 e. The van der Waals surface area contributed by atoms with Crippen molar-refractivity contribution in [3.8, 4) is 23.0 Å². The highest BCUT2D eigenvalue weighted by atomic mass is 35.5. The van der Waals surface area contributed by atoms with E-state index in [1.165, 1.54) is 59.6 Å². The van der Waals surface area contributed by atoms with Crippen molar-refractivity contribution in [3.05, 3.63) is 34.3 Å². The van der Waals surface area contributed by atoms with E-state index in [0.29, 0.717) is 17.2 Å². The highest BCUT2D eigenvalue weighted by Gasteiger charge is 2.24. The predicted octanol–water partition coefficient (Wildman–Crippen LogP) is 4.71. The number of rotatable bonds is 9. The van der Waals surface area contributed by atoms with E-state index in [2.05, 4.69) is 15.5 Å². The molecule has 9 nitrogen and oxygen atoms in total. The lowest BCUT2D eigenvalue weighted by atomic mass is 10.2. The molecule has 0 radical (unpaired) electrons. The number of Topliss-reactive ketones (excluding diaryl/α,β-unsaturated/α-hetero) is 1. The minimum absolute atomic E-state index is 0.195. The first-order valence-corrected chi connectivity index (χ1v) is 9.56. The Morgan fingerprint density at radius 1 is 0.903 bits per heavy atom. The lowest BCUT2D eigenvalue weighted by molar-refractivity contribution is -0.126. The number of methoxy groups -OCH3 is 4. The van der Waals surface area contributed by atoms with Crippen LogP contribution < -0.4 is 24.3 Å². The number of hydrogen-bond donors (Lipinski definition) is 1. The second-order valence-corrected chi connectivity index (χ2v) is 6.89. The molecular weight excluding hydrogens is 449 g/mol. The van der Waals surface area contributed by atoms with Crippen molar-refractivity contribution in [2.45, 2.75) is 13.0 Å². The number of ether oxygens (including phenoxy) is 4. The number of nitrogens with zero attached hydrogens (tertiary/aromatic N) is 2. The topological polar surface area (TPSA) is 108 Å². The normalized spacial score (nSPS) is 11.7. The number of halogens is 2. The highest BCUT2D eigenvalue weighted by Crippen LogP contribution is 2.40. The lowest BCUT2D eigenvalue weighted by Crippen LogP contribution is -2.31. The summed E-state index contributed by atoms with van der Waals surface area (Å²) in [6, 6.07) is 4.58. The van der Waals surface area contributed by atoms with E-state index in [-0.39, 0.29) is 27.2 Å². The molecule has 0 fully saturated rings. The zero-order valence-corrected chi connectivity index (χ0v) is 19.0. The van der Waals surface area contributed by atoms with Crippen molar-refractivity contribution in [2.75, 3.05) is 33.8 Å². The van der Waals surface area contributed by atoms with Crippen LogP contribution in [0.25, 0.3) is 0 Å². The molecule has 0 aliphatic rings. The Balaban J connectivity index is 2.33. The van der Waals surface area contributed by atoms with Crippen LogP contribution in [0, 0.1) is 0 Å². The van der Waals surface area contributed by atoms with E-state index >= 15 is 0 Å². The van der Waals surface area contributed by atoms with Gasteiger partial charge in [-0.05, 0) is 13.0 Å². The molecule has 1 unspecified atom stereocenters. The Bertz CT molecular complexity index is 1010. The van der Waals surface area contributed by atoms with Crippen LogP contribution in [0.2, 0.25) is 10.0 Å². The van der Waals surface area contributed by atoms with E-state index in [1.807, 2.05) is 0 Å². The van der Waals surface area contributed by atoms with Crippen molar-refractivity contribution in [2.24, 2.45) is 10.2 Å². The summed E-state index contributed by atoms with van der Waals surface area (Å²) in [4.78, 5) is 24.8. The maximum Gasteiger partial charge on any atom is 0.258 e. The zero-order chi connectivity index (χ0) is 23.1. The fourth-order valence-electron chi connectivity index (χ4n) is 2.59. The van der Waals surface area contributed by atoms with Crippen LogP contribution in [0.5, 0.6) is 23.0 Å². The molecule has 0 bridgehead atoms. The van der Waals surface area contributed by atoms with Gasteiger partial charge in [-0.1, -0.05) is 23.2 Å². The number of carbonyl (C=O) groups excluding carboxylic acids is 2. The van der Waals surface area contributed by atoms with Gasteiger partial charge in [0, 0.05) is 23.9 Å². The molecule has 0 saturated carbocycles. The van der Waals surface area contributed by atoms with E-state index in [4.69, 9.17) is 42.1 Å². The molecule has 2 aromatic rings. The van der Waals surface area contributed by atoms with Gasteiger partial charge in [-0.3, -0.25) is 9.59 Å². The predicted molar refractivity (Wildman–Crippen MR) is 117 cm³/mol. The second-order valence-electron chi connectivity index (χ2n) is 6.07. The van der Waals surface area contributed by atoms with Gasteiger partial charge >= 0.3 is 0 Å². The molecule has 1 amide bonds. The average molecular weight is 470 g/mol. The monoisotopic (exact) mass is 469 g/mol. The second kappa shape index (κ2) is 10.8. The van der Waals surface area contributed by atoms with Crippen molar-refractivity contribution in [1.82, 2.24) is 0 Å². The number of benzene rings is 2. The maximum absolute atomic E-state index is 12.7. The van der Waals surface area contributed by atoms with E-state index in [1.54, 1.807) is 0 Å². The molecule has 1 atom stereocenters. The first kappa shape index (κ1) is 24.2. The Morgan fingerprint density at radius 3 is 2.10 bits per heavy atom. The van der Waals surface area contributed by atoms with Gasteiger partial charge in [-0.2, -0.15) is 10.2 Å². The molecule has 0 aromatic heterocycles. The Hall–Kier alpha value is -3.04. The molecule has 0 aliphatic carbocycles. The van der Waals surface area contributed by atoms with Crippen LogP contribution >= 0.6 is 23.2 Å². The summed E-state index contributed by atoms with van der Waals surface area (Å²) in [7, 11) is 5.73. The number of azo groups is 1. The van der Waals surface area contributed by atoms with Crippen molar-refractivity contribution < 1.29 is 28.5 Å². The Morgan fingerprint density at radius 2 is 1.55 bits per heavy atom. The number of hydrogen-bond acceptors (Lipinski definition) is 8. The SMILES string of the molecule is COc1cc(Cl)c(OC)c(N=NC(C(C)=O)C(=O)Nc2cc(Cl)c(OC)c(OC)c2)c1. The standard InChI is InChI=1S/C20H21Cl2N3O6/c1-10(26)17(25-24-15-9-12(28-2)8-14(22)18(15)30-4)20(27)23-11-6-13(21)19(31-5)16(7-11)29-3/h6-9,17H,1-5H3,(H,23,27). The third kappa shape index (κ3) is 5.77. The van der Waals surface area contributed by atoms with Gasteiger partial charge in [-0.25, -0.2) is 0 Å². The fourth-order valence-corrected chi connectivity index (χ4v) is 3.16. The average Bonchev–Trinajstić information content (AvgIpc) is 2.72. The molecule has 0 saturated heterocycles. The number of ketones is 1. The summed E-state index contributed by atoms with van der Waals surface area (Å²) in [6.45, 7) is 1.22. The highest BCUT2D eigenvalue weighted by molar-refractivity contribution is 6.33. The van der Waals surface area contributed by atoms with Gasteiger partial charge in [0.25, 0.3) is 5.91 Å². The maximum atomic E-state index is 12.7. The fraction of sp³-hybridized carbons (Fsp3) is 0.300. The number of anilines is 1. The lowest BCUT2D eigenvalue weighted by Gasteiger charge is -2.14. The molecule has 11 heteroatoms. The molecule has 2 aromatic carbocycles. The van der Waals surface area contributed by atoms with Crippen molar-refractivity contribution >= 4 is 46.3 Å². The van der Waals surface area contributed by atoms with Crippen LogP contribution in [0.3, 0.4) is 0 Å². The molecule has 0 aliphatic heterocycles. The number of amides is 1. The zero-order valence-electron chi connectivity index (χ0n) is 17.5. The molecule has 1 N–H and O–H groups in total. The first-order chi connectivity index (χ1) is 14.7. The van der Waals surface area contributed by atoms with Gasteiger partial charge in [0.2, 0.25) is 6.04 Å². The summed E-state index contributed by atoms with van der Waals surface area (Å²) in [6.07, 6.45) is 0. The molecule has 0 spiro atoms. The minimum atomic E-state index is -1.43. The van der Waals surface area contributed by atoms with Gasteiger partial charge in [0.1, 0.15) is 11.4 Å². The smallest absolute Gasteiger partial charge is 0.258 e. The Labute approximate surface area is 189 Å². The third-order valence-corrected chi connectivity index (χ3v) is 4.61.